The van der Waals surface area contributed by atoms with Crippen molar-refractivity contribution < 1.29 is 14.3 Å². The van der Waals surface area contributed by atoms with Crippen molar-refractivity contribution >= 4 is 22.5 Å². The first-order chi connectivity index (χ1) is 22.8. The maximum absolute atomic E-state index is 14.4. The average molecular weight is 634 g/mol. The first-order valence-corrected chi connectivity index (χ1v) is 16.3. The summed E-state index contributed by atoms with van der Waals surface area (Å²) < 4.78 is 14.4. The number of amides is 1. The van der Waals surface area contributed by atoms with Gasteiger partial charge in [-0.15, -0.1) is 0 Å². The summed E-state index contributed by atoms with van der Waals surface area (Å²) in [6.45, 7) is 8.24. The lowest BCUT2D eigenvalue weighted by Gasteiger charge is -2.42. The number of hydrogen-bond acceptors (Lipinski definition) is 7. The van der Waals surface area contributed by atoms with Crippen LogP contribution >= 0.6 is 0 Å². The number of H-pyrrole nitrogens is 1. The quantitative estimate of drug-likeness (QED) is 0.217. The second-order valence-electron chi connectivity index (χ2n) is 12.8. The van der Waals surface area contributed by atoms with Crippen LogP contribution in [-0.2, 0) is 0 Å². The van der Waals surface area contributed by atoms with E-state index < -0.39 is 11.9 Å². The number of aromatic hydroxyl groups is 1. The van der Waals surface area contributed by atoms with Crippen molar-refractivity contribution in [1.29, 1.82) is 0 Å². The summed E-state index contributed by atoms with van der Waals surface area (Å²) >= 11 is 0. The number of halogens is 1. The molecule has 1 amide bonds. The minimum Gasteiger partial charge on any atom is -0.508 e. The molecule has 1 unspecified atom stereocenters. The Morgan fingerprint density at radius 1 is 0.957 bits per heavy atom. The molecule has 4 heterocycles. The van der Waals surface area contributed by atoms with E-state index in [1.54, 1.807) is 12.1 Å². The molecule has 0 spiro atoms. The predicted octanol–water partition coefficient (Wildman–Crippen LogP) is 5.51. The molecule has 3 aromatic carbocycles. The van der Waals surface area contributed by atoms with Gasteiger partial charge < -0.3 is 25.2 Å². The van der Waals surface area contributed by atoms with Crippen LogP contribution in [-0.4, -0.2) is 88.1 Å². The molecular formula is C37H40FN7O2. The minimum absolute atomic E-state index is 0.114. The van der Waals surface area contributed by atoms with E-state index in [1.807, 2.05) is 55.7 Å². The van der Waals surface area contributed by atoms with Crippen LogP contribution in [0.15, 0.2) is 79.1 Å². The smallest absolute Gasteiger partial charge is 0.252 e. The normalized spacial score (nSPS) is 17.2. The Morgan fingerprint density at radius 3 is 2.45 bits per heavy atom. The summed E-state index contributed by atoms with van der Waals surface area (Å²) in [7, 11) is 2.20. The molecule has 2 aliphatic heterocycles. The van der Waals surface area contributed by atoms with Gasteiger partial charge in [0.2, 0.25) is 0 Å². The molecule has 3 N–H and O–H groups in total. The van der Waals surface area contributed by atoms with Crippen LogP contribution < -0.4 is 10.2 Å². The Balaban J connectivity index is 1.09. The van der Waals surface area contributed by atoms with Gasteiger partial charge in [0.1, 0.15) is 11.6 Å². The van der Waals surface area contributed by atoms with Crippen LogP contribution in [0.25, 0.3) is 22.3 Å². The average Bonchev–Trinajstić information content (AvgIpc) is 3.53. The van der Waals surface area contributed by atoms with E-state index in [-0.39, 0.29) is 17.2 Å². The van der Waals surface area contributed by atoms with Crippen LogP contribution in [0, 0.1) is 12.7 Å². The number of anilines is 1. The lowest BCUT2D eigenvalue weighted by atomic mass is 10.0. The minimum atomic E-state index is -0.829. The first kappa shape index (κ1) is 30.8. The molecule has 2 saturated heterocycles. The number of phenols is 1. The number of para-hydroxylation sites is 1. The highest BCUT2D eigenvalue weighted by molar-refractivity contribution is 5.96. The number of phenolic OH excluding ortho intramolecular Hbond substituents is 1. The van der Waals surface area contributed by atoms with Gasteiger partial charge in [-0.3, -0.25) is 9.69 Å². The number of piperidine rings is 1. The molecule has 2 fully saturated rings. The fraction of sp³-hybridized carbons (Fsp3) is 0.324. The molecule has 2 aromatic heterocycles. The van der Waals surface area contributed by atoms with E-state index in [9.17, 15) is 14.3 Å². The van der Waals surface area contributed by atoms with E-state index in [1.165, 1.54) is 44.1 Å². The second-order valence-corrected chi connectivity index (χ2v) is 12.8. The van der Waals surface area contributed by atoms with E-state index in [0.29, 0.717) is 23.1 Å². The Labute approximate surface area is 274 Å². The van der Waals surface area contributed by atoms with Gasteiger partial charge in [0.15, 0.2) is 5.82 Å². The van der Waals surface area contributed by atoms with Crippen LogP contribution in [0.4, 0.5) is 10.1 Å². The molecule has 7 rings (SSSR count). The van der Waals surface area contributed by atoms with Crippen LogP contribution in [0.3, 0.4) is 0 Å². The third-order valence-corrected chi connectivity index (χ3v) is 9.56. The van der Waals surface area contributed by atoms with Crippen molar-refractivity contribution in [1.82, 2.24) is 30.1 Å². The third-order valence-electron chi connectivity index (χ3n) is 9.56. The Hall–Kier alpha value is -4.80. The molecule has 0 saturated carbocycles. The maximum Gasteiger partial charge on any atom is 0.252 e. The number of hydrogen-bond donors (Lipinski definition) is 3. The van der Waals surface area contributed by atoms with Crippen molar-refractivity contribution in [2.75, 3.05) is 51.2 Å². The number of nitrogens with zero attached hydrogens (tertiary/aromatic N) is 5. The molecule has 242 valence electrons. The van der Waals surface area contributed by atoms with Gasteiger partial charge in [0, 0.05) is 60.1 Å². The first-order valence-electron chi connectivity index (χ1n) is 16.3. The molecule has 2 aliphatic rings. The number of carbonyl (C=O) groups is 1. The number of nitrogens with one attached hydrogen (secondary N) is 2. The molecule has 47 heavy (non-hydrogen) atoms. The summed E-state index contributed by atoms with van der Waals surface area (Å²) in [5, 5.41) is 14.7. The SMILES string of the molecule is Cc1cc(C(=O)NC(c2cc3ccccc3[nH]2)c2cc(F)ccc2O)cc(-c2ncc(N3CCN(C4CCN(C)CC4)CC3)cn2)c1. The van der Waals surface area contributed by atoms with Gasteiger partial charge in [0.25, 0.3) is 5.91 Å². The number of rotatable bonds is 7. The zero-order valence-electron chi connectivity index (χ0n) is 26.8. The van der Waals surface area contributed by atoms with Gasteiger partial charge >= 0.3 is 0 Å². The number of likely N-dealkylation sites (tertiary alicyclic amines) is 1. The van der Waals surface area contributed by atoms with Gasteiger partial charge in [-0.05, 0) is 99.4 Å². The number of benzene rings is 3. The monoisotopic (exact) mass is 633 g/mol. The van der Waals surface area contributed by atoms with E-state index in [2.05, 4.69) is 32.0 Å². The largest absolute Gasteiger partial charge is 0.508 e. The molecular weight excluding hydrogens is 593 g/mol. The molecule has 9 nitrogen and oxygen atoms in total. The fourth-order valence-corrected chi connectivity index (χ4v) is 6.93. The van der Waals surface area contributed by atoms with Crippen molar-refractivity contribution in [2.45, 2.75) is 31.8 Å². The van der Waals surface area contributed by atoms with Crippen molar-refractivity contribution in [3.8, 4) is 17.1 Å². The second kappa shape index (κ2) is 13.1. The summed E-state index contributed by atoms with van der Waals surface area (Å²) in [6.07, 6.45) is 6.21. The van der Waals surface area contributed by atoms with Crippen LogP contribution in [0.5, 0.6) is 5.75 Å². The van der Waals surface area contributed by atoms with Crippen LogP contribution in [0.1, 0.15) is 46.1 Å². The van der Waals surface area contributed by atoms with Crippen molar-refractivity contribution in [3.63, 3.8) is 0 Å². The van der Waals surface area contributed by atoms with E-state index >= 15 is 0 Å². The summed E-state index contributed by atoms with van der Waals surface area (Å²) in [6, 6.07) is 18.7. The molecule has 0 aliphatic carbocycles. The summed E-state index contributed by atoms with van der Waals surface area (Å²) in [4.78, 5) is 33.9. The lowest BCUT2D eigenvalue weighted by Crippen LogP contribution is -2.53. The fourth-order valence-electron chi connectivity index (χ4n) is 6.93. The third kappa shape index (κ3) is 6.70. The number of piperazine rings is 1. The standard InChI is InChI=1S/C37H40FN7O2/c1-24-17-26(36-39-22-30(23-40-36)45-15-13-44(14-16-45)29-9-11-43(2)12-10-29)19-27(18-24)37(47)42-35(31-21-28(38)7-8-34(31)46)33-20-25-5-3-4-6-32(25)41-33/h3-8,17-23,29,35,41,46H,9-16H2,1-2H3,(H,42,47). The van der Waals surface area contributed by atoms with Gasteiger partial charge in [-0.1, -0.05) is 18.2 Å². The highest BCUT2D eigenvalue weighted by Crippen LogP contribution is 2.32. The molecule has 1 atom stereocenters. The van der Waals surface area contributed by atoms with Gasteiger partial charge in [-0.25, -0.2) is 14.4 Å². The Bertz CT molecular complexity index is 1840. The summed E-state index contributed by atoms with van der Waals surface area (Å²) in [5.74, 6) is -0.462. The van der Waals surface area contributed by atoms with Crippen LogP contribution in [0.2, 0.25) is 0 Å². The van der Waals surface area contributed by atoms with Gasteiger partial charge in [0.05, 0.1) is 24.1 Å². The molecule has 0 bridgehead atoms. The zero-order chi connectivity index (χ0) is 32.5. The Morgan fingerprint density at radius 2 is 1.70 bits per heavy atom. The molecule has 0 radical (unpaired) electrons. The topological polar surface area (TPSA) is 101 Å². The highest BCUT2D eigenvalue weighted by Gasteiger charge is 2.27. The number of fused-ring (bicyclic) bond motifs is 1. The predicted molar refractivity (Wildman–Crippen MR) is 182 cm³/mol. The zero-order valence-corrected chi connectivity index (χ0v) is 26.8. The van der Waals surface area contributed by atoms with Gasteiger partial charge in [-0.2, -0.15) is 0 Å². The van der Waals surface area contributed by atoms with Crippen molar-refractivity contribution in [3.05, 3.63) is 107 Å². The van der Waals surface area contributed by atoms with E-state index in [0.717, 1.165) is 53.9 Å². The number of aryl methyl sites for hydroxylation is 1. The summed E-state index contributed by atoms with van der Waals surface area (Å²) in [5.41, 5.74) is 4.76. The number of aromatic amines is 1. The molecule has 5 aromatic rings. The maximum atomic E-state index is 14.4. The van der Waals surface area contributed by atoms with Crippen molar-refractivity contribution in [2.24, 2.45) is 0 Å². The number of aromatic nitrogens is 3. The number of carbonyl (C=O) groups excluding carboxylic acids is 1. The van der Waals surface area contributed by atoms with E-state index in [4.69, 9.17) is 9.97 Å². The lowest BCUT2D eigenvalue weighted by molar-refractivity contribution is 0.0942. The Kier molecular flexibility index (Phi) is 8.62. The highest BCUT2D eigenvalue weighted by atomic mass is 19.1. The molecule has 10 heteroatoms.